The summed E-state index contributed by atoms with van der Waals surface area (Å²) in [4.78, 5) is 29.8. The predicted molar refractivity (Wildman–Crippen MR) is 107 cm³/mol. The first-order chi connectivity index (χ1) is 12.5. The number of nitrogens with zero attached hydrogens (tertiary/aromatic N) is 2. The number of benzene rings is 2. The average Bonchev–Trinajstić information content (AvgIpc) is 2.63. The third-order valence-electron chi connectivity index (χ3n) is 4.14. The molecule has 6 heteroatoms. The highest BCUT2D eigenvalue weighted by molar-refractivity contribution is 8.00. The molecule has 1 N–H and O–H groups in total. The van der Waals surface area contributed by atoms with Crippen molar-refractivity contribution in [1.82, 2.24) is 9.55 Å². The molecule has 26 heavy (non-hydrogen) atoms. The molecule has 0 saturated carbocycles. The van der Waals surface area contributed by atoms with Crippen LogP contribution in [0.5, 0.6) is 0 Å². The van der Waals surface area contributed by atoms with E-state index >= 15 is 0 Å². The molecule has 0 saturated heterocycles. The fraction of sp³-hybridized carbons (Fsp3) is 0.250. The number of amides is 1. The second-order valence-corrected chi connectivity index (χ2v) is 7.32. The van der Waals surface area contributed by atoms with Gasteiger partial charge in [-0.1, -0.05) is 43.0 Å². The largest absolute Gasteiger partial charge is 0.325 e. The molecule has 0 fully saturated rings. The molecular weight excluding hydrogens is 346 g/mol. The van der Waals surface area contributed by atoms with Crippen LogP contribution >= 0.6 is 11.8 Å². The minimum Gasteiger partial charge on any atom is -0.325 e. The summed E-state index contributed by atoms with van der Waals surface area (Å²) in [7, 11) is 1.69. The number of hydrogen-bond acceptors (Lipinski definition) is 4. The zero-order valence-corrected chi connectivity index (χ0v) is 15.8. The molecule has 0 spiro atoms. The molecule has 1 aromatic heterocycles. The van der Waals surface area contributed by atoms with E-state index in [0.29, 0.717) is 22.5 Å². The van der Waals surface area contributed by atoms with Gasteiger partial charge in [-0.15, -0.1) is 0 Å². The average molecular weight is 367 g/mol. The normalized spacial score (nSPS) is 12.1. The van der Waals surface area contributed by atoms with Crippen LogP contribution in [-0.2, 0) is 11.8 Å². The predicted octanol–water partition coefficient (Wildman–Crippen LogP) is 3.75. The van der Waals surface area contributed by atoms with Gasteiger partial charge >= 0.3 is 0 Å². The number of carbonyl (C=O) groups excluding carboxylic acids is 1. The number of thioether (sulfide) groups is 1. The lowest BCUT2D eigenvalue weighted by molar-refractivity contribution is -0.115. The number of anilines is 1. The summed E-state index contributed by atoms with van der Waals surface area (Å²) in [6.07, 6.45) is 0.630. The highest BCUT2D eigenvalue weighted by Crippen LogP contribution is 2.25. The van der Waals surface area contributed by atoms with E-state index in [-0.39, 0.29) is 16.7 Å². The summed E-state index contributed by atoms with van der Waals surface area (Å²) in [5.41, 5.74) is 2.40. The molecule has 0 aliphatic carbocycles. The SMILES string of the molecule is CCC(Sc1nc2ccccc2c(=O)n1C)C(=O)Nc1cccc(C)c1. The number of carbonyl (C=O) groups is 1. The molecule has 0 aliphatic rings. The first-order valence-corrected chi connectivity index (χ1v) is 9.37. The zero-order valence-electron chi connectivity index (χ0n) is 15.0. The lowest BCUT2D eigenvalue weighted by atomic mass is 10.2. The van der Waals surface area contributed by atoms with Gasteiger partial charge < -0.3 is 5.32 Å². The van der Waals surface area contributed by atoms with E-state index in [0.717, 1.165) is 11.3 Å². The van der Waals surface area contributed by atoms with Crippen molar-refractivity contribution in [3.05, 3.63) is 64.4 Å². The Morgan fingerprint density at radius 1 is 1.23 bits per heavy atom. The molecule has 0 bridgehead atoms. The summed E-state index contributed by atoms with van der Waals surface area (Å²) in [5, 5.41) is 3.73. The summed E-state index contributed by atoms with van der Waals surface area (Å²) >= 11 is 1.32. The van der Waals surface area contributed by atoms with Gasteiger partial charge in [-0.3, -0.25) is 14.2 Å². The minimum absolute atomic E-state index is 0.0921. The van der Waals surface area contributed by atoms with Crippen molar-refractivity contribution in [2.75, 3.05) is 5.32 Å². The van der Waals surface area contributed by atoms with Crippen LogP contribution in [0, 0.1) is 6.92 Å². The molecular formula is C20H21N3O2S. The maximum absolute atomic E-state index is 12.7. The third-order valence-corrected chi connectivity index (χ3v) is 5.55. The maximum Gasteiger partial charge on any atom is 0.261 e. The summed E-state index contributed by atoms with van der Waals surface area (Å²) in [6.45, 7) is 3.93. The minimum atomic E-state index is -0.338. The number of hydrogen-bond donors (Lipinski definition) is 1. The fourth-order valence-electron chi connectivity index (χ4n) is 2.70. The van der Waals surface area contributed by atoms with Crippen molar-refractivity contribution in [2.45, 2.75) is 30.7 Å². The standard InChI is InChI=1S/C20H21N3O2S/c1-4-17(18(24)21-14-9-7-8-13(2)12-14)26-20-22-16-11-6-5-10-15(16)19(25)23(20)3/h5-12,17H,4H2,1-3H3,(H,21,24). The van der Waals surface area contributed by atoms with E-state index in [1.165, 1.54) is 16.3 Å². The zero-order chi connectivity index (χ0) is 18.7. The highest BCUT2D eigenvalue weighted by atomic mass is 32.2. The smallest absolute Gasteiger partial charge is 0.261 e. The van der Waals surface area contributed by atoms with Gasteiger partial charge in [0.25, 0.3) is 5.56 Å². The Labute approximate surface area is 156 Å². The molecule has 1 atom stereocenters. The lowest BCUT2D eigenvalue weighted by Gasteiger charge is -2.16. The number of aryl methyl sites for hydroxylation is 1. The van der Waals surface area contributed by atoms with Crippen molar-refractivity contribution in [3.8, 4) is 0 Å². The van der Waals surface area contributed by atoms with Gasteiger partial charge in [-0.05, 0) is 43.2 Å². The molecule has 134 valence electrons. The number of para-hydroxylation sites is 1. The van der Waals surface area contributed by atoms with Crippen molar-refractivity contribution >= 4 is 34.3 Å². The Bertz CT molecular complexity index is 1010. The van der Waals surface area contributed by atoms with Gasteiger partial charge in [0.15, 0.2) is 5.16 Å². The Hall–Kier alpha value is -2.60. The van der Waals surface area contributed by atoms with E-state index in [1.807, 2.05) is 56.3 Å². The van der Waals surface area contributed by atoms with E-state index in [2.05, 4.69) is 10.3 Å². The molecule has 1 heterocycles. The number of rotatable bonds is 5. The van der Waals surface area contributed by atoms with E-state index in [4.69, 9.17) is 0 Å². The van der Waals surface area contributed by atoms with Crippen LogP contribution in [0.1, 0.15) is 18.9 Å². The molecule has 0 aliphatic heterocycles. The Morgan fingerprint density at radius 2 is 2.00 bits per heavy atom. The molecule has 2 aromatic carbocycles. The Balaban J connectivity index is 1.86. The molecule has 3 aromatic rings. The molecule has 5 nitrogen and oxygen atoms in total. The van der Waals surface area contributed by atoms with Crippen molar-refractivity contribution < 1.29 is 4.79 Å². The fourth-order valence-corrected chi connectivity index (χ4v) is 3.68. The number of fused-ring (bicyclic) bond motifs is 1. The first kappa shape index (κ1) is 18.2. The quantitative estimate of drug-likeness (QED) is 0.551. The van der Waals surface area contributed by atoms with Crippen LogP contribution in [0.15, 0.2) is 58.5 Å². The molecule has 1 amide bonds. The van der Waals surface area contributed by atoms with Crippen molar-refractivity contribution in [1.29, 1.82) is 0 Å². The number of nitrogens with one attached hydrogen (secondary N) is 1. The topological polar surface area (TPSA) is 64.0 Å². The molecule has 1 unspecified atom stereocenters. The van der Waals surface area contributed by atoms with Gasteiger partial charge in [-0.2, -0.15) is 0 Å². The van der Waals surface area contributed by atoms with Crippen LogP contribution in [-0.4, -0.2) is 20.7 Å². The second kappa shape index (κ2) is 7.74. The third kappa shape index (κ3) is 3.80. The van der Waals surface area contributed by atoms with Crippen LogP contribution in [0.3, 0.4) is 0 Å². The monoisotopic (exact) mass is 367 g/mol. The first-order valence-electron chi connectivity index (χ1n) is 8.49. The summed E-state index contributed by atoms with van der Waals surface area (Å²) in [6, 6.07) is 14.9. The highest BCUT2D eigenvalue weighted by Gasteiger charge is 2.21. The van der Waals surface area contributed by atoms with Crippen LogP contribution in [0.2, 0.25) is 0 Å². The van der Waals surface area contributed by atoms with Gasteiger partial charge in [0.2, 0.25) is 5.91 Å². The summed E-state index contributed by atoms with van der Waals surface area (Å²) < 4.78 is 1.51. The van der Waals surface area contributed by atoms with E-state index in [9.17, 15) is 9.59 Å². The Morgan fingerprint density at radius 3 is 2.73 bits per heavy atom. The molecule has 3 rings (SSSR count). The van der Waals surface area contributed by atoms with Gasteiger partial charge in [0, 0.05) is 12.7 Å². The van der Waals surface area contributed by atoms with Gasteiger partial charge in [-0.25, -0.2) is 4.98 Å². The van der Waals surface area contributed by atoms with Crippen LogP contribution < -0.4 is 10.9 Å². The van der Waals surface area contributed by atoms with Crippen molar-refractivity contribution in [2.24, 2.45) is 7.05 Å². The van der Waals surface area contributed by atoms with Crippen LogP contribution in [0.4, 0.5) is 5.69 Å². The number of aromatic nitrogens is 2. The van der Waals surface area contributed by atoms with Crippen LogP contribution in [0.25, 0.3) is 10.9 Å². The summed E-state index contributed by atoms with van der Waals surface area (Å²) in [5.74, 6) is -0.0921. The maximum atomic E-state index is 12.7. The van der Waals surface area contributed by atoms with Gasteiger partial charge in [0.05, 0.1) is 16.2 Å². The van der Waals surface area contributed by atoms with E-state index < -0.39 is 0 Å². The van der Waals surface area contributed by atoms with E-state index in [1.54, 1.807) is 13.1 Å². The molecule has 0 radical (unpaired) electrons. The lowest BCUT2D eigenvalue weighted by Crippen LogP contribution is -2.27. The second-order valence-electron chi connectivity index (χ2n) is 6.15. The Kier molecular flexibility index (Phi) is 5.42. The van der Waals surface area contributed by atoms with Gasteiger partial charge in [0.1, 0.15) is 0 Å². The van der Waals surface area contributed by atoms with Crippen molar-refractivity contribution in [3.63, 3.8) is 0 Å².